The van der Waals surface area contributed by atoms with E-state index >= 15 is 0 Å². The number of benzene rings is 2. The number of thiophene rings is 1. The fourth-order valence-electron chi connectivity index (χ4n) is 3.80. The van der Waals surface area contributed by atoms with Crippen molar-refractivity contribution in [3.8, 4) is 11.5 Å². The summed E-state index contributed by atoms with van der Waals surface area (Å²) in [5.41, 5.74) is 1.55. The molecule has 1 aliphatic rings. The first-order valence-electron chi connectivity index (χ1n) is 9.81. The van der Waals surface area contributed by atoms with Gasteiger partial charge in [0, 0.05) is 16.1 Å². The van der Waals surface area contributed by atoms with Crippen molar-refractivity contribution in [3.05, 3.63) is 79.5 Å². The van der Waals surface area contributed by atoms with E-state index in [0.29, 0.717) is 11.4 Å². The lowest BCUT2D eigenvalue weighted by atomic mass is 9.98. The molecule has 2 aromatic carbocycles. The lowest BCUT2D eigenvalue weighted by molar-refractivity contribution is -0.132. The normalized spacial score (nSPS) is 17.5. The largest absolute Gasteiger partial charge is 0.507 e. The predicted octanol–water partition coefficient (Wildman–Crippen LogP) is 6.01. The van der Waals surface area contributed by atoms with Crippen molar-refractivity contribution >= 4 is 57.7 Å². The maximum absolute atomic E-state index is 13.2. The van der Waals surface area contributed by atoms with Gasteiger partial charge in [0.1, 0.15) is 17.6 Å². The molecule has 1 unspecified atom stereocenters. The minimum absolute atomic E-state index is 0.0429. The first-order valence-corrected chi connectivity index (χ1v) is 11.4. The van der Waals surface area contributed by atoms with Crippen LogP contribution in [0.15, 0.2) is 53.4 Å². The topological polar surface area (TPSA) is 76.1 Å². The minimum atomic E-state index is -0.821. The van der Waals surface area contributed by atoms with E-state index in [4.69, 9.17) is 32.7 Å². The van der Waals surface area contributed by atoms with Crippen molar-refractivity contribution in [3.63, 3.8) is 0 Å². The van der Waals surface area contributed by atoms with Crippen molar-refractivity contribution in [2.24, 2.45) is 0 Å². The number of aryl methyl sites for hydroxylation is 1. The van der Waals surface area contributed by atoms with Crippen molar-refractivity contribution in [1.29, 1.82) is 0 Å². The van der Waals surface area contributed by atoms with Crippen LogP contribution in [0.2, 0.25) is 10.0 Å². The zero-order valence-corrected chi connectivity index (χ0v) is 20.2. The highest BCUT2D eigenvalue weighted by Gasteiger charge is 2.48. The van der Waals surface area contributed by atoms with Gasteiger partial charge >= 0.3 is 0 Å². The number of ketones is 1. The molecule has 9 heteroatoms. The van der Waals surface area contributed by atoms with Gasteiger partial charge < -0.3 is 14.6 Å². The molecule has 6 nitrogen and oxygen atoms in total. The van der Waals surface area contributed by atoms with Crippen LogP contribution in [0.4, 0.5) is 5.69 Å². The van der Waals surface area contributed by atoms with Gasteiger partial charge in [-0.15, -0.1) is 11.3 Å². The molecule has 1 atom stereocenters. The Morgan fingerprint density at radius 3 is 2.18 bits per heavy atom. The predicted molar refractivity (Wildman–Crippen MR) is 130 cm³/mol. The highest BCUT2D eigenvalue weighted by molar-refractivity contribution is 7.10. The molecule has 1 aromatic heterocycles. The van der Waals surface area contributed by atoms with Gasteiger partial charge in [0.05, 0.1) is 29.8 Å². The lowest BCUT2D eigenvalue weighted by Gasteiger charge is -2.25. The van der Waals surface area contributed by atoms with E-state index in [0.717, 1.165) is 10.4 Å². The third-order valence-corrected chi connectivity index (χ3v) is 7.05. The lowest BCUT2D eigenvalue weighted by Crippen LogP contribution is -2.29. The maximum Gasteiger partial charge on any atom is 0.300 e. The number of nitrogens with zero attached hydrogens (tertiary/aromatic N) is 1. The van der Waals surface area contributed by atoms with Crippen LogP contribution in [-0.2, 0) is 9.59 Å². The molecule has 0 bridgehead atoms. The first kappa shape index (κ1) is 23.2. The Hall–Kier alpha value is -3.00. The first-order chi connectivity index (χ1) is 15.8. The van der Waals surface area contributed by atoms with Gasteiger partial charge in [-0.1, -0.05) is 23.2 Å². The molecular weight excluding hydrogens is 485 g/mol. The zero-order valence-electron chi connectivity index (χ0n) is 17.9. The number of carbonyl (C=O) groups excluding carboxylic acids is 2. The highest BCUT2D eigenvalue weighted by Crippen LogP contribution is 2.46. The second kappa shape index (κ2) is 9.09. The Kier molecular flexibility index (Phi) is 6.38. The molecule has 3 aromatic rings. The minimum Gasteiger partial charge on any atom is -0.507 e. The molecule has 33 heavy (non-hydrogen) atoms. The average Bonchev–Trinajstić information content (AvgIpc) is 3.33. The molecule has 1 saturated heterocycles. The summed E-state index contributed by atoms with van der Waals surface area (Å²) in [7, 11) is 2.97. The fourth-order valence-corrected chi connectivity index (χ4v) is 5.47. The quantitative estimate of drug-likeness (QED) is 0.262. The smallest absolute Gasteiger partial charge is 0.300 e. The maximum atomic E-state index is 13.2. The summed E-state index contributed by atoms with van der Waals surface area (Å²) >= 11 is 13.9. The van der Waals surface area contributed by atoms with E-state index in [1.165, 1.54) is 35.5 Å². The molecular formula is C24H19Cl2NO5S. The van der Waals surface area contributed by atoms with Crippen LogP contribution in [0, 0.1) is 6.92 Å². The second-order valence-electron chi connectivity index (χ2n) is 7.31. The zero-order chi connectivity index (χ0) is 23.9. The summed E-state index contributed by atoms with van der Waals surface area (Å²) in [6.07, 6.45) is 0. The highest BCUT2D eigenvalue weighted by atomic mass is 35.5. The molecule has 4 rings (SSSR count). The molecule has 1 aliphatic heterocycles. The number of Topliss-reactive ketones (excluding diaryl/α,β-unsaturated/α-hetero) is 1. The average molecular weight is 504 g/mol. The molecule has 2 heterocycles. The Labute approximate surface area is 204 Å². The van der Waals surface area contributed by atoms with Gasteiger partial charge in [0.25, 0.3) is 11.7 Å². The van der Waals surface area contributed by atoms with Crippen LogP contribution in [0.25, 0.3) is 5.76 Å². The van der Waals surface area contributed by atoms with Crippen molar-refractivity contribution in [2.45, 2.75) is 13.0 Å². The number of hydrogen-bond acceptors (Lipinski definition) is 6. The number of amides is 1. The van der Waals surface area contributed by atoms with E-state index in [2.05, 4.69) is 0 Å². The third kappa shape index (κ3) is 3.97. The van der Waals surface area contributed by atoms with Crippen molar-refractivity contribution in [2.75, 3.05) is 19.1 Å². The van der Waals surface area contributed by atoms with Crippen molar-refractivity contribution in [1.82, 2.24) is 0 Å². The molecule has 1 fully saturated rings. The van der Waals surface area contributed by atoms with Crippen LogP contribution < -0.4 is 14.4 Å². The number of hydrogen-bond donors (Lipinski definition) is 1. The molecule has 0 aliphatic carbocycles. The standard InChI is InChI=1S/C24H19Cl2NO5S/c1-12-8-9-33-23(12)19-18(20(28)13-10-16(25)22(32-3)17(26)11-13)21(29)24(30)27(19)14-4-6-15(31-2)7-5-14/h4-11,19,28H,1-3H3/b20-18-. The van der Waals surface area contributed by atoms with Gasteiger partial charge in [0.2, 0.25) is 0 Å². The van der Waals surface area contributed by atoms with Crippen LogP contribution in [0.3, 0.4) is 0 Å². The number of ether oxygens (including phenoxy) is 2. The van der Waals surface area contributed by atoms with E-state index in [9.17, 15) is 14.7 Å². The van der Waals surface area contributed by atoms with Gasteiger partial charge in [-0.2, -0.15) is 0 Å². The van der Waals surface area contributed by atoms with Crippen LogP contribution in [0.5, 0.6) is 11.5 Å². The number of carbonyl (C=O) groups is 2. The summed E-state index contributed by atoms with van der Waals surface area (Å²) in [6.45, 7) is 1.89. The Morgan fingerprint density at radius 1 is 1.03 bits per heavy atom. The van der Waals surface area contributed by atoms with E-state index in [1.807, 2.05) is 18.4 Å². The fraction of sp³-hybridized carbons (Fsp3) is 0.167. The van der Waals surface area contributed by atoms with Gasteiger partial charge in [-0.05, 0) is 60.3 Å². The van der Waals surface area contributed by atoms with Gasteiger partial charge in [-0.3, -0.25) is 14.5 Å². The number of halogens is 2. The second-order valence-corrected chi connectivity index (χ2v) is 9.07. The summed E-state index contributed by atoms with van der Waals surface area (Å²) in [6, 6.07) is 10.8. The van der Waals surface area contributed by atoms with Crippen LogP contribution in [-0.4, -0.2) is 31.0 Å². The molecule has 0 spiro atoms. The Bertz CT molecular complexity index is 1260. The summed E-state index contributed by atoms with van der Waals surface area (Å²) in [4.78, 5) is 28.6. The van der Waals surface area contributed by atoms with E-state index in [-0.39, 0.29) is 32.7 Å². The van der Waals surface area contributed by atoms with Crippen LogP contribution in [0.1, 0.15) is 22.0 Å². The number of methoxy groups -OCH3 is 2. The van der Waals surface area contributed by atoms with Gasteiger partial charge in [0.15, 0.2) is 5.75 Å². The number of aliphatic hydroxyl groups is 1. The molecule has 170 valence electrons. The molecule has 1 N–H and O–H groups in total. The third-order valence-electron chi connectivity index (χ3n) is 5.42. The molecule has 0 radical (unpaired) electrons. The summed E-state index contributed by atoms with van der Waals surface area (Å²) < 4.78 is 10.4. The molecule has 0 saturated carbocycles. The Morgan fingerprint density at radius 2 is 1.67 bits per heavy atom. The monoisotopic (exact) mass is 503 g/mol. The molecule has 1 amide bonds. The summed E-state index contributed by atoms with van der Waals surface area (Å²) in [5, 5.41) is 13.4. The van der Waals surface area contributed by atoms with Crippen LogP contribution >= 0.6 is 34.5 Å². The number of rotatable bonds is 5. The van der Waals surface area contributed by atoms with E-state index < -0.39 is 17.7 Å². The number of anilines is 1. The number of aliphatic hydroxyl groups excluding tert-OH is 1. The Balaban J connectivity index is 1.94. The van der Waals surface area contributed by atoms with Gasteiger partial charge in [-0.25, -0.2) is 0 Å². The van der Waals surface area contributed by atoms with Crippen molar-refractivity contribution < 1.29 is 24.2 Å². The SMILES string of the molecule is COc1ccc(N2C(=O)C(=O)/C(=C(\O)c3cc(Cl)c(OC)c(Cl)c3)C2c2sccc2C)cc1. The van der Waals surface area contributed by atoms with E-state index in [1.54, 1.807) is 31.4 Å². The summed E-state index contributed by atoms with van der Waals surface area (Å²) in [5.74, 6) is -1.05.